The Kier molecular flexibility index (Phi) is 8.42. The first-order chi connectivity index (χ1) is 13.0. The van der Waals surface area contributed by atoms with Crippen LogP contribution in [-0.2, 0) is 6.54 Å². The zero-order chi connectivity index (χ0) is 19.7. The third-order valence-corrected chi connectivity index (χ3v) is 5.66. The molecule has 0 unspecified atom stereocenters. The van der Waals surface area contributed by atoms with E-state index in [0.717, 1.165) is 25.5 Å². The van der Waals surface area contributed by atoms with Crippen molar-refractivity contribution in [1.29, 1.82) is 0 Å². The van der Waals surface area contributed by atoms with Gasteiger partial charge in [-0.3, -0.25) is 0 Å². The molecule has 0 amide bonds. The summed E-state index contributed by atoms with van der Waals surface area (Å²) in [5.74, 6) is 0.866. The van der Waals surface area contributed by atoms with Gasteiger partial charge in [-0.15, -0.1) is 0 Å². The van der Waals surface area contributed by atoms with Gasteiger partial charge >= 0.3 is 0 Å². The number of aryl methyl sites for hydroxylation is 1. The fraction of sp³-hybridized carbons (Fsp3) is 0.682. The Morgan fingerprint density at radius 1 is 1.19 bits per heavy atom. The highest BCUT2D eigenvalue weighted by Gasteiger charge is 2.31. The van der Waals surface area contributed by atoms with Crippen LogP contribution < -0.4 is 15.5 Å². The Bertz CT molecular complexity index is 601. The molecule has 1 aliphatic rings. The lowest BCUT2D eigenvalue weighted by molar-refractivity contribution is 0.131. The van der Waals surface area contributed by atoms with E-state index in [1.807, 2.05) is 0 Å². The molecule has 27 heavy (non-hydrogen) atoms. The van der Waals surface area contributed by atoms with Crippen LogP contribution in [0.1, 0.15) is 56.6 Å². The molecule has 0 heterocycles. The second kappa shape index (κ2) is 10.5. The average molecular weight is 375 g/mol. The Morgan fingerprint density at radius 3 is 2.56 bits per heavy atom. The van der Waals surface area contributed by atoms with E-state index >= 15 is 0 Å². The second-order valence-electron chi connectivity index (χ2n) is 8.11. The van der Waals surface area contributed by atoms with Gasteiger partial charge in [-0.05, 0) is 55.7 Å². The number of guanidine groups is 1. The highest BCUT2D eigenvalue weighted by Crippen LogP contribution is 2.38. The van der Waals surface area contributed by atoms with Crippen LogP contribution in [0.3, 0.4) is 0 Å². The van der Waals surface area contributed by atoms with E-state index < -0.39 is 0 Å². The van der Waals surface area contributed by atoms with Gasteiger partial charge in [0.1, 0.15) is 0 Å². The molecule has 1 aromatic rings. The van der Waals surface area contributed by atoms with Crippen LogP contribution in [0.2, 0.25) is 0 Å². The van der Waals surface area contributed by atoms with E-state index in [4.69, 9.17) is 4.99 Å². The quantitative estimate of drug-likeness (QED) is 0.482. The van der Waals surface area contributed by atoms with E-state index in [9.17, 15) is 5.11 Å². The Labute approximate surface area is 165 Å². The Hall–Kier alpha value is -1.75. The van der Waals surface area contributed by atoms with E-state index in [1.165, 1.54) is 48.9 Å². The lowest BCUT2D eigenvalue weighted by Gasteiger charge is -2.37. The summed E-state index contributed by atoms with van der Waals surface area (Å²) < 4.78 is 0. The Balaban J connectivity index is 2.08. The number of benzene rings is 1. The number of hydrogen-bond donors (Lipinski definition) is 3. The van der Waals surface area contributed by atoms with Gasteiger partial charge in [0.05, 0.1) is 6.54 Å². The lowest BCUT2D eigenvalue weighted by atomic mass is 9.72. The minimum absolute atomic E-state index is 0.210. The molecule has 5 heteroatoms. The first-order valence-electron chi connectivity index (χ1n) is 10.4. The molecular weight excluding hydrogens is 336 g/mol. The maximum atomic E-state index is 9.53. The summed E-state index contributed by atoms with van der Waals surface area (Å²) in [5.41, 5.74) is 3.92. The molecule has 1 fully saturated rings. The molecule has 1 saturated carbocycles. The Morgan fingerprint density at radius 2 is 1.93 bits per heavy atom. The van der Waals surface area contributed by atoms with Crippen LogP contribution in [0.4, 0.5) is 5.69 Å². The van der Waals surface area contributed by atoms with Crippen molar-refractivity contribution in [3.05, 3.63) is 29.3 Å². The number of rotatable bonds is 8. The number of anilines is 1. The van der Waals surface area contributed by atoms with Crippen molar-refractivity contribution >= 4 is 11.6 Å². The SMILES string of the molecule is CCNC(=NCc1ccc(C)cc1N(C)C)NCC1(CCO)CCCCC1. The summed E-state index contributed by atoms with van der Waals surface area (Å²) in [6.07, 6.45) is 7.13. The van der Waals surface area contributed by atoms with Gasteiger partial charge in [-0.2, -0.15) is 0 Å². The van der Waals surface area contributed by atoms with Crippen molar-refractivity contribution in [3.63, 3.8) is 0 Å². The minimum Gasteiger partial charge on any atom is -0.396 e. The first kappa shape index (κ1) is 21.5. The molecule has 0 atom stereocenters. The number of hydrogen-bond acceptors (Lipinski definition) is 3. The molecule has 0 bridgehead atoms. The van der Waals surface area contributed by atoms with Crippen LogP contribution in [0.15, 0.2) is 23.2 Å². The van der Waals surface area contributed by atoms with Crippen LogP contribution in [0, 0.1) is 12.3 Å². The van der Waals surface area contributed by atoms with Crippen molar-refractivity contribution in [1.82, 2.24) is 10.6 Å². The van der Waals surface area contributed by atoms with Crippen LogP contribution in [0.25, 0.3) is 0 Å². The molecule has 0 aliphatic heterocycles. The van der Waals surface area contributed by atoms with Crippen LogP contribution >= 0.6 is 0 Å². The van der Waals surface area contributed by atoms with Crippen molar-refractivity contribution in [2.75, 3.05) is 38.7 Å². The summed E-state index contributed by atoms with van der Waals surface area (Å²) in [4.78, 5) is 6.99. The molecule has 0 spiro atoms. The van der Waals surface area contributed by atoms with Gasteiger partial charge in [0.2, 0.25) is 0 Å². The number of aliphatic hydroxyl groups excluding tert-OH is 1. The summed E-state index contributed by atoms with van der Waals surface area (Å²) >= 11 is 0. The van der Waals surface area contributed by atoms with Gasteiger partial charge in [0.25, 0.3) is 0 Å². The third kappa shape index (κ3) is 6.42. The maximum absolute atomic E-state index is 9.53. The average Bonchev–Trinajstić information content (AvgIpc) is 2.65. The highest BCUT2D eigenvalue weighted by molar-refractivity contribution is 5.80. The van der Waals surface area contributed by atoms with Gasteiger partial charge in [-0.25, -0.2) is 4.99 Å². The normalized spacial score (nSPS) is 16.9. The second-order valence-corrected chi connectivity index (χ2v) is 8.11. The number of aliphatic hydroxyl groups is 1. The van der Waals surface area contributed by atoms with E-state index in [1.54, 1.807) is 0 Å². The van der Waals surface area contributed by atoms with Crippen molar-refractivity contribution in [2.24, 2.45) is 10.4 Å². The van der Waals surface area contributed by atoms with Gasteiger partial charge < -0.3 is 20.6 Å². The molecule has 3 N–H and O–H groups in total. The number of nitrogens with zero attached hydrogens (tertiary/aromatic N) is 2. The van der Waals surface area contributed by atoms with E-state index in [0.29, 0.717) is 6.54 Å². The smallest absolute Gasteiger partial charge is 0.191 e. The van der Waals surface area contributed by atoms with E-state index in [2.05, 4.69) is 61.7 Å². The third-order valence-electron chi connectivity index (χ3n) is 5.66. The molecular formula is C22H38N4O. The van der Waals surface area contributed by atoms with Crippen molar-refractivity contribution in [2.45, 2.75) is 58.9 Å². The highest BCUT2D eigenvalue weighted by atomic mass is 16.3. The predicted molar refractivity (Wildman–Crippen MR) is 116 cm³/mol. The zero-order valence-electron chi connectivity index (χ0n) is 17.6. The predicted octanol–water partition coefficient (Wildman–Crippen LogP) is 3.45. The molecule has 0 saturated heterocycles. The molecule has 0 radical (unpaired) electrons. The largest absolute Gasteiger partial charge is 0.396 e. The summed E-state index contributed by atoms with van der Waals surface area (Å²) in [5, 5.41) is 16.5. The van der Waals surface area contributed by atoms with Crippen molar-refractivity contribution in [3.8, 4) is 0 Å². The maximum Gasteiger partial charge on any atom is 0.191 e. The molecule has 152 valence electrons. The monoisotopic (exact) mass is 374 g/mol. The molecule has 2 rings (SSSR count). The standard InChI is InChI=1S/C22H38N4O/c1-5-23-21(25-17-22(13-14-27)11-7-6-8-12-22)24-16-19-10-9-18(2)15-20(19)26(3)4/h9-10,15,27H,5-8,11-14,16-17H2,1-4H3,(H2,23,24,25). The first-order valence-corrected chi connectivity index (χ1v) is 10.4. The number of nitrogens with one attached hydrogen (secondary N) is 2. The van der Waals surface area contributed by atoms with Gasteiger partial charge in [0.15, 0.2) is 5.96 Å². The fourth-order valence-electron chi connectivity index (χ4n) is 4.06. The zero-order valence-corrected chi connectivity index (χ0v) is 17.6. The van der Waals surface area contributed by atoms with Gasteiger partial charge in [0, 0.05) is 39.5 Å². The summed E-state index contributed by atoms with van der Waals surface area (Å²) in [6, 6.07) is 6.53. The summed E-state index contributed by atoms with van der Waals surface area (Å²) in [7, 11) is 4.15. The minimum atomic E-state index is 0.210. The topological polar surface area (TPSA) is 59.9 Å². The number of aliphatic imine (C=N–C) groups is 1. The molecule has 1 aromatic carbocycles. The van der Waals surface area contributed by atoms with Crippen LogP contribution in [-0.4, -0.2) is 44.9 Å². The molecule has 5 nitrogen and oxygen atoms in total. The van der Waals surface area contributed by atoms with Crippen molar-refractivity contribution < 1.29 is 5.11 Å². The lowest BCUT2D eigenvalue weighted by Crippen LogP contribution is -2.45. The summed E-state index contributed by atoms with van der Waals surface area (Å²) in [6.45, 7) is 6.86. The van der Waals surface area contributed by atoms with Gasteiger partial charge in [-0.1, -0.05) is 31.4 Å². The molecule has 0 aromatic heterocycles. The fourth-order valence-corrected chi connectivity index (χ4v) is 4.06. The van der Waals surface area contributed by atoms with E-state index in [-0.39, 0.29) is 12.0 Å². The molecule has 1 aliphatic carbocycles. The van der Waals surface area contributed by atoms with Crippen LogP contribution in [0.5, 0.6) is 0 Å².